The molecule has 0 aromatic rings. The Bertz CT molecular complexity index is 289. The van der Waals surface area contributed by atoms with E-state index in [0.717, 1.165) is 19.5 Å². The Morgan fingerprint density at radius 3 is 2.32 bits per heavy atom. The van der Waals surface area contributed by atoms with E-state index in [2.05, 4.69) is 13.8 Å². The minimum absolute atomic E-state index is 0.198. The van der Waals surface area contributed by atoms with Crippen molar-refractivity contribution in [1.29, 1.82) is 0 Å². The van der Waals surface area contributed by atoms with E-state index in [9.17, 15) is 4.79 Å². The number of carbonyl (C=O) groups is 1. The number of nitrogens with two attached hydrogens (primary N) is 1. The first-order chi connectivity index (χ1) is 9.06. The molecule has 2 fully saturated rings. The molecule has 110 valence electrons. The Kier molecular flexibility index (Phi) is 5.26. The van der Waals surface area contributed by atoms with Gasteiger partial charge in [0.1, 0.15) is 0 Å². The Labute approximate surface area is 117 Å². The second-order valence-electron chi connectivity index (χ2n) is 7.04. The van der Waals surface area contributed by atoms with Gasteiger partial charge >= 0.3 is 0 Å². The smallest absolute Gasteiger partial charge is 0.239 e. The highest BCUT2D eigenvalue weighted by Crippen LogP contribution is 2.28. The largest absolute Gasteiger partial charge is 0.341 e. The van der Waals surface area contributed by atoms with E-state index in [-0.39, 0.29) is 11.9 Å². The molecule has 3 atom stereocenters. The van der Waals surface area contributed by atoms with Gasteiger partial charge in [0.05, 0.1) is 6.04 Å². The quantitative estimate of drug-likeness (QED) is 0.854. The van der Waals surface area contributed by atoms with Gasteiger partial charge in [-0.25, -0.2) is 0 Å². The first-order valence-electron chi connectivity index (χ1n) is 8.10. The fourth-order valence-corrected chi connectivity index (χ4v) is 3.96. The van der Waals surface area contributed by atoms with Crippen LogP contribution in [0.2, 0.25) is 0 Å². The maximum atomic E-state index is 12.5. The topological polar surface area (TPSA) is 46.3 Å². The van der Waals surface area contributed by atoms with Gasteiger partial charge in [-0.3, -0.25) is 4.79 Å². The summed E-state index contributed by atoms with van der Waals surface area (Å²) in [6, 6.07) is -0.263. The molecule has 1 amide bonds. The molecule has 2 aliphatic rings. The summed E-state index contributed by atoms with van der Waals surface area (Å²) in [6.07, 6.45) is 8.69. The van der Waals surface area contributed by atoms with Crippen LogP contribution in [0.3, 0.4) is 0 Å². The number of carbonyl (C=O) groups excluding carboxylic acids is 1. The molecular weight excluding hydrogens is 236 g/mol. The van der Waals surface area contributed by atoms with Crippen LogP contribution in [-0.4, -0.2) is 29.9 Å². The molecule has 3 unspecified atom stereocenters. The lowest BCUT2D eigenvalue weighted by Gasteiger charge is -2.37. The molecule has 19 heavy (non-hydrogen) atoms. The van der Waals surface area contributed by atoms with E-state index in [0.29, 0.717) is 17.8 Å². The summed E-state index contributed by atoms with van der Waals surface area (Å²) in [5, 5.41) is 0. The van der Waals surface area contributed by atoms with Crippen LogP contribution in [0.15, 0.2) is 0 Å². The van der Waals surface area contributed by atoms with Crippen LogP contribution in [0.25, 0.3) is 0 Å². The number of amides is 1. The van der Waals surface area contributed by atoms with E-state index >= 15 is 0 Å². The third-order valence-corrected chi connectivity index (χ3v) is 4.81. The molecular formula is C16H30N2O. The molecule has 2 N–H and O–H groups in total. The van der Waals surface area contributed by atoms with Crippen molar-refractivity contribution in [2.75, 3.05) is 13.1 Å². The minimum Gasteiger partial charge on any atom is -0.341 e. The predicted octanol–water partition coefficient (Wildman–Crippen LogP) is 2.79. The number of hydrogen-bond donors (Lipinski definition) is 1. The highest BCUT2D eigenvalue weighted by Gasteiger charge is 2.29. The number of nitrogens with zero attached hydrogens (tertiary/aromatic N) is 1. The third kappa shape index (κ3) is 4.20. The monoisotopic (exact) mass is 266 g/mol. The summed E-state index contributed by atoms with van der Waals surface area (Å²) in [7, 11) is 0. The molecule has 1 aliphatic carbocycles. The average Bonchev–Trinajstić information content (AvgIpc) is 2.37. The number of piperidine rings is 1. The van der Waals surface area contributed by atoms with Gasteiger partial charge in [0, 0.05) is 13.1 Å². The molecule has 0 aromatic heterocycles. The number of rotatable bonds is 3. The van der Waals surface area contributed by atoms with E-state index in [1.165, 1.54) is 38.5 Å². The van der Waals surface area contributed by atoms with Crippen molar-refractivity contribution < 1.29 is 4.79 Å². The van der Waals surface area contributed by atoms with Crippen molar-refractivity contribution in [2.45, 2.75) is 64.8 Å². The van der Waals surface area contributed by atoms with Gasteiger partial charge in [0.15, 0.2) is 0 Å². The van der Waals surface area contributed by atoms with Gasteiger partial charge in [-0.05, 0) is 30.6 Å². The van der Waals surface area contributed by atoms with Crippen molar-refractivity contribution >= 4 is 5.91 Å². The maximum Gasteiger partial charge on any atom is 0.239 e. The maximum absolute atomic E-state index is 12.5. The first kappa shape index (κ1) is 14.8. The van der Waals surface area contributed by atoms with Crippen LogP contribution in [0.4, 0.5) is 0 Å². The van der Waals surface area contributed by atoms with Gasteiger partial charge in [-0.1, -0.05) is 46.0 Å². The Balaban J connectivity index is 1.83. The lowest BCUT2D eigenvalue weighted by atomic mass is 9.84. The molecule has 3 nitrogen and oxygen atoms in total. The lowest BCUT2D eigenvalue weighted by Crippen LogP contribution is -2.50. The fraction of sp³-hybridized carbons (Fsp3) is 0.938. The van der Waals surface area contributed by atoms with Crippen molar-refractivity contribution in [3.63, 3.8) is 0 Å². The predicted molar refractivity (Wildman–Crippen MR) is 78.7 cm³/mol. The third-order valence-electron chi connectivity index (χ3n) is 4.81. The van der Waals surface area contributed by atoms with Crippen LogP contribution >= 0.6 is 0 Å². The molecule has 3 heteroatoms. The van der Waals surface area contributed by atoms with Gasteiger partial charge in [0.2, 0.25) is 5.91 Å². The fourth-order valence-electron chi connectivity index (χ4n) is 3.96. The highest BCUT2D eigenvalue weighted by molar-refractivity contribution is 5.81. The van der Waals surface area contributed by atoms with Crippen molar-refractivity contribution in [2.24, 2.45) is 23.5 Å². The molecule has 0 spiro atoms. The Hall–Kier alpha value is -0.570. The molecule has 2 rings (SSSR count). The summed E-state index contributed by atoms with van der Waals surface area (Å²) in [6.45, 7) is 6.29. The normalized spacial score (nSPS) is 31.2. The molecule has 1 heterocycles. The van der Waals surface area contributed by atoms with Crippen molar-refractivity contribution in [3.8, 4) is 0 Å². The summed E-state index contributed by atoms with van der Waals surface area (Å²) in [5.74, 6) is 2.13. The first-order valence-corrected chi connectivity index (χ1v) is 8.10. The average molecular weight is 266 g/mol. The van der Waals surface area contributed by atoms with Crippen LogP contribution in [0.5, 0.6) is 0 Å². The lowest BCUT2D eigenvalue weighted by molar-refractivity contribution is -0.135. The summed E-state index contributed by atoms with van der Waals surface area (Å²) in [5.41, 5.74) is 6.18. The summed E-state index contributed by atoms with van der Waals surface area (Å²) >= 11 is 0. The second-order valence-corrected chi connectivity index (χ2v) is 7.04. The molecule has 1 saturated heterocycles. The van der Waals surface area contributed by atoms with Gasteiger partial charge in [0.25, 0.3) is 0 Å². The summed E-state index contributed by atoms with van der Waals surface area (Å²) in [4.78, 5) is 14.5. The Morgan fingerprint density at radius 1 is 1.16 bits per heavy atom. The van der Waals surface area contributed by atoms with E-state index in [1.54, 1.807) is 0 Å². The van der Waals surface area contributed by atoms with Crippen LogP contribution in [0, 0.1) is 17.8 Å². The van der Waals surface area contributed by atoms with Gasteiger partial charge < -0.3 is 10.6 Å². The molecule has 0 radical (unpaired) electrons. The number of hydrogen-bond acceptors (Lipinski definition) is 2. The van der Waals surface area contributed by atoms with Gasteiger partial charge in [-0.2, -0.15) is 0 Å². The minimum atomic E-state index is -0.263. The van der Waals surface area contributed by atoms with Crippen LogP contribution in [-0.2, 0) is 4.79 Å². The van der Waals surface area contributed by atoms with Crippen molar-refractivity contribution in [1.82, 2.24) is 4.90 Å². The SMILES string of the molecule is CC1CC(C)CN(C(=O)C(N)CC2CCCCC2)C1. The summed E-state index contributed by atoms with van der Waals surface area (Å²) < 4.78 is 0. The zero-order valence-corrected chi connectivity index (χ0v) is 12.6. The second kappa shape index (κ2) is 6.74. The van der Waals surface area contributed by atoms with Crippen LogP contribution < -0.4 is 5.73 Å². The molecule has 0 aromatic carbocycles. The van der Waals surface area contributed by atoms with E-state index in [4.69, 9.17) is 5.73 Å². The number of likely N-dealkylation sites (tertiary alicyclic amines) is 1. The molecule has 0 bridgehead atoms. The zero-order chi connectivity index (χ0) is 13.8. The van der Waals surface area contributed by atoms with Crippen molar-refractivity contribution in [3.05, 3.63) is 0 Å². The molecule has 1 saturated carbocycles. The zero-order valence-electron chi connectivity index (χ0n) is 12.6. The van der Waals surface area contributed by atoms with E-state index in [1.807, 2.05) is 4.90 Å². The standard InChI is InChI=1S/C16H30N2O/c1-12-8-13(2)11-18(10-12)16(19)15(17)9-14-6-4-3-5-7-14/h12-15H,3-11,17H2,1-2H3. The van der Waals surface area contributed by atoms with E-state index < -0.39 is 0 Å². The van der Waals surface area contributed by atoms with Gasteiger partial charge in [-0.15, -0.1) is 0 Å². The Morgan fingerprint density at radius 2 is 1.74 bits per heavy atom. The highest BCUT2D eigenvalue weighted by atomic mass is 16.2. The molecule has 1 aliphatic heterocycles. The van der Waals surface area contributed by atoms with Crippen LogP contribution in [0.1, 0.15) is 58.8 Å².